The minimum Gasteiger partial charge on any atom is -0.543 e. The Labute approximate surface area is 252 Å². The third-order valence-electron chi connectivity index (χ3n) is 3.80. The molecule has 0 amide bonds. The van der Waals surface area contributed by atoms with Gasteiger partial charge in [-0.1, -0.05) is 0 Å². The summed E-state index contributed by atoms with van der Waals surface area (Å²) >= 11 is 0. The minimum absolute atomic E-state index is 0. The Hall–Kier alpha value is -5.04. The van der Waals surface area contributed by atoms with Gasteiger partial charge in [0.1, 0.15) is 0 Å². The van der Waals surface area contributed by atoms with E-state index in [1.54, 1.807) is 0 Å². The zero-order valence-corrected chi connectivity index (χ0v) is 21.4. The molecule has 0 spiro atoms. The number of carboxylic acids is 6. The molecule has 0 aromatic carbocycles. The summed E-state index contributed by atoms with van der Waals surface area (Å²) in [7, 11) is 0. The topological polar surface area (TPSA) is 358 Å². The van der Waals surface area contributed by atoms with Gasteiger partial charge in [0.15, 0.2) is 0 Å². The van der Waals surface area contributed by atoms with Gasteiger partial charge in [-0.2, -0.15) is 0 Å². The van der Waals surface area contributed by atoms with Crippen LogP contribution in [0.4, 0.5) is 17.1 Å². The molecule has 210 valence electrons. The summed E-state index contributed by atoms with van der Waals surface area (Å²) in [6.07, 6.45) is 0. The molecular weight excluding hydrogens is 687 g/mol. The fraction of sp³-hybridized carbons (Fsp3) is 0. The number of carbonyl (C=O) groups excluding carboxylic acids is 6. The molecule has 0 unspecified atom stereocenters. The van der Waals surface area contributed by atoms with Gasteiger partial charge in [-0.25, -0.2) is 15.0 Å². The van der Waals surface area contributed by atoms with Crippen LogP contribution in [-0.2, 0) is 0 Å². The molecule has 3 rings (SSSR count). The number of aromatic carboxylic acids is 6. The van der Waals surface area contributed by atoms with Gasteiger partial charge in [0, 0.05) is 17.1 Å². The smallest absolute Gasteiger partial charge is 0.543 e. The summed E-state index contributed by atoms with van der Waals surface area (Å²) in [6.45, 7) is 0. The van der Waals surface area contributed by atoms with Gasteiger partial charge >= 0.3 is 38.6 Å². The van der Waals surface area contributed by atoms with E-state index < -0.39 is 70.0 Å². The van der Waals surface area contributed by atoms with Crippen LogP contribution in [-0.4, -0.2) is 50.8 Å². The van der Waals surface area contributed by atoms with Gasteiger partial charge in [0.05, 0.1) is 70.0 Å². The molecule has 0 saturated heterocycles. The van der Waals surface area contributed by atoms with Crippen LogP contribution < -0.4 is 47.8 Å². The first-order valence-electron chi connectivity index (χ1n) is 9.62. The van der Waals surface area contributed by atoms with Crippen molar-refractivity contribution in [2.24, 2.45) is 0 Å². The zero-order valence-electron chi connectivity index (χ0n) is 19.3. The maximum atomic E-state index is 10.3. The first kappa shape index (κ1) is 35.0. The number of nitrogen functional groups attached to an aromatic ring is 3. The van der Waals surface area contributed by atoms with Crippen molar-refractivity contribution in [3.63, 3.8) is 0 Å². The molecule has 19 heteroatoms. The zero-order chi connectivity index (χ0) is 30.0. The second kappa shape index (κ2) is 15.4. The van der Waals surface area contributed by atoms with Gasteiger partial charge in [0.25, 0.3) is 0 Å². The predicted octanol–water partition coefficient (Wildman–Crippen LogP) is -7.83. The Morgan fingerprint density at radius 1 is 0.400 bits per heavy atom. The van der Waals surface area contributed by atoms with E-state index in [0.29, 0.717) is 0 Å². The van der Waals surface area contributed by atoms with Crippen molar-refractivity contribution in [1.29, 1.82) is 0 Å². The molecule has 40 heavy (non-hydrogen) atoms. The van der Waals surface area contributed by atoms with Crippen molar-refractivity contribution in [2.75, 3.05) is 17.2 Å². The SMILES string of the molecule is Nc1cc(C(=O)[O-])nc(C(=O)[O-])c1.Nc1cc(C(=O)[O-])nc(C(=O)[O-])c1.Nc1cc(C(=O)[O-])nc(C(=O)[O-])c1.[Tb+3]. The number of anilines is 3. The van der Waals surface area contributed by atoms with Gasteiger partial charge in [-0.3, -0.25) is 0 Å². The van der Waals surface area contributed by atoms with E-state index in [0.717, 1.165) is 36.4 Å². The average molecular weight is 699 g/mol. The number of pyridine rings is 3. The number of carboxylic acid groups (broad SMARTS) is 6. The Morgan fingerprint density at radius 2 is 0.525 bits per heavy atom. The van der Waals surface area contributed by atoms with Crippen LogP contribution in [0.3, 0.4) is 0 Å². The van der Waals surface area contributed by atoms with E-state index in [4.69, 9.17) is 17.2 Å². The Bertz CT molecular complexity index is 1210. The van der Waals surface area contributed by atoms with Gasteiger partial charge < -0.3 is 76.6 Å². The van der Waals surface area contributed by atoms with Crippen molar-refractivity contribution < 1.29 is 98.0 Å². The molecule has 3 aromatic rings. The maximum absolute atomic E-state index is 10.3. The van der Waals surface area contributed by atoms with E-state index in [2.05, 4.69) is 15.0 Å². The monoisotopic (exact) mass is 699 g/mol. The van der Waals surface area contributed by atoms with E-state index in [-0.39, 0.29) is 55.7 Å². The van der Waals surface area contributed by atoms with Gasteiger partial charge in [0.2, 0.25) is 0 Å². The standard InChI is InChI=1S/3C7H6N2O4.Tb/c3*8-3-1-4(6(10)11)9-5(2-3)7(12)13;/h3*1-2H,(H2,8,9)(H,10,11)(H,12,13);/q;;;+3/p-6. The summed E-state index contributed by atoms with van der Waals surface area (Å²) in [4.78, 5) is 71.4. The number of rotatable bonds is 6. The van der Waals surface area contributed by atoms with Gasteiger partial charge in [-0.05, 0) is 36.4 Å². The summed E-state index contributed by atoms with van der Waals surface area (Å²) in [6, 6.07) is 6.01. The van der Waals surface area contributed by atoms with Crippen molar-refractivity contribution in [3.8, 4) is 0 Å². The van der Waals surface area contributed by atoms with Crippen molar-refractivity contribution in [1.82, 2.24) is 15.0 Å². The van der Waals surface area contributed by atoms with Crippen LogP contribution in [0, 0.1) is 38.6 Å². The fourth-order valence-corrected chi connectivity index (χ4v) is 2.28. The number of hydrogen-bond acceptors (Lipinski definition) is 18. The molecule has 3 heterocycles. The van der Waals surface area contributed by atoms with Crippen LogP contribution in [0.15, 0.2) is 36.4 Å². The first-order chi connectivity index (χ1) is 18.0. The number of nitrogens with two attached hydrogens (primary N) is 3. The normalized spacial score (nSPS) is 9.30. The van der Waals surface area contributed by atoms with Crippen LogP contribution in [0.1, 0.15) is 62.9 Å². The molecule has 0 aliphatic rings. The van der Waals surface area contributed by atoms with Crippen molar-refractivity contribution >= 4 is 52.9 Å². The molecule has 0 atom stereocenters. The molecule has 0 saturated carbocycles. The van der Waals surface area contributed by atoms with Crippen LogP contribution in [0.25, 0.3) is 0 Å². The summed E-state index contributed by atoms with van der Waals surface area (Å²) in [5, 5.41) is 61.7. The Kier molecular flexibility index (Phi) is 13.4. The summed E-state index contributed by atoms with van der Waals surface area (Å²) in [5.74, 6) is -9.53. The van der Waals surface area contributed by atoms with E-state index in [9.17, 15) is 59.4 Å². The van der Waals surface area contributed by atoms with Crippen molar-refractivity contribution in [3.05, 3.63) is 70.6 Å². The van der Waals surface area contributed by atoms with E-state index >= 15 is 0 Å². The molecule has 0 radical (unpaired) electrons. The Morgan fingerprint density at radius 3 is 0.625 bits per heavy atom. The quantitative estimate of drug-likeness (QED) is 0.215. The van der Waals surface area contributed by atoms with Crippen LogP contribution in [0.5, 0.6) is 0 Å². The molecule has 3 aromatic heterocycles. The molecule has 0 aliphatic heterocycles. The predicted molar refractivity (Wildman–Crippen MR) is 112 cm³/mol. The molecule has 0 bridgehead atoms. The van der Waals surface area contributed by atoms with Crippen LogP contribution in [0.2, 0.25) is 0 Å². The minimum atomic E-state index is -1.59. The average Bonchev–Trinajstić information content (AvgIpc) is 2.83. The summed E-state index contributed by atoms with van der Waals surface area (Å²) in [5.41, 5.74) is 12.4. The number of nitrogens with zero attached hydrogens (tertiary/aromatic N) is 3. The second-order valence-corrected chi connectivity index (χ2v) is 6.74. The largest absolute Gasteiger partial charge is 3.00 e. The number of carbonyl (C=O) groups is 6. The maximum Gasteiger partial charge on any atom is 3.00 e. The van der Waals surface area contributed by atoms with Crippen molar-refractivity contribution in [2.45, 2.75) is 0 Å². The van der Waals surface area contributed by atoms with Crippen LogP contribution >= 0.6 is 0 Å². The first-order valence-corrected chi connectivity index (χ1v) is 9.62. The third-order valence-corrected chi connectivity index (χ3v) is 3.80. The molecule has 0 aliphatic carbocycles. The molecule has 0 fully saturated rings. The number of aromatic nitrogens is 3. The second-order valence-electron chi connectivity index (χ2n) is 6.74. The third kappa shape index (κ3) is 11.1. The molecule has 18 nitrogen and oxygen atoms in total. The summed E-state index contributed by atoms with van der Waals surface area (Å²) < 4.78 is 0. The van der Waals surface area contributed by atoms with E-state index in [1.807, 2.05) is 0 Å². The Balaban J connectivity index is 0.000000563. The molecular formula is C21H12N6O12Tb-3. The van der Waals surface area contributed by atoms with Gasteiger partial charge in [-0.15, -0.1) is 0 Å². The van der Waals surface area contributed by atoms with E-state index in [1.165, 1.54) is 0 Å². The fourth-order valence-electron chi connectivity index (χ4n) is 2.28. The number of hydrogen-bond donors (Lipinski definition) is 3. The molecule has 6 N–H and O–H groups in total.